The zero-order valence-electron chi connectivity index (χ0n) is 25.0. The van der Waals surface area contributed by atoms with Gasteiger partial charge in [-0.25, -0.2) is 9.59 Å². The van der Waals surface area contributed by atoms with Gasteiger partial charge in [0.05, 0.1) is 49.7 Å². The molecule has 4 aromatic rings. The summed E-state index contributed by atoms with van der Waals surface area (Å²) in [5, 5.41) is 5.63. The highest BCUT2D eigenvalue weighted by molar-refractivity contribution is 9.10. The number of hydrogen-bond acceptors (Lipinski definition) is 6. The van der Waals surface area contributed by atoms with Crippen LogP contribution in [0, 0.1) is 0 Å². The summed E-state index contributed by atoms with van der Waals surface area (Å²) in [7, 11) is 2.86. The van der Waals surface area contributed by atoms with E-state index in [0.717, 1.165) is 28.4 Å². The van der Waals surface area contributed by atoms with Gasteiger partial charge >= 0.3 is 12.0 Å². The molecular weight excluding hydrogens is 638 g/mol. The third-order valence-corrected chi connectivity index (χ3v) is 8.38. The van der Waals surface area contributed by atoms with E-state index in [9.17, 15) is 14.4 Å². The van der Waals surface area contributed by atoms with Crippen molar-refractivity contribution in [1.29, 1.82) is 0 Å². The summed E-state index contributed by atoms with van der Waals surface area (Å²) >= 11 is 3.43. The summed E-state index contributed by atoms with van der Waals surface area (Å²) in [6.45, 7) is 0.311. The summed E-state index contributed by atoms with van der Waals surface area (Å²) in [5.74, 6) is 0.600. The molecular formula is C35H34BrN3O6. The molecule has 0 radical (unpaired) electrons. The number of anilines is 2. The van der Waals surface area contributed by atoms with Gasteiger partial charge in [-0.2, -0.15) is 0 Å². The van der Waals surface area contributed by atoms with E-state index in [1.165, 1.54) is 14.2 Å². The minimum absolute atomic E-state index is 0.0366. The second kappa shape index (κ2) is 14.8. The Morgan fingerprint density at radius 2 is 1.56 bits per heavy atom. The van der Waals surface area contributed by atoms with E-state index in [-0.39, 0.29) is 24.4 Å². The number of halogens is 1. The predicted molar refractivity (Wildman–Crippen MR) is 176 cm³/mol. The fourth-order valence-electron chi connectivity index (χ4n) is 5.48. The molecule has 1 heterocycles. The van der Waals surface area contributed by atoms with Crippen molar-refractivity contribution in [2.75, 3.05) is 31.5 Å². The quantitative estimate of drug-likeness (QED) is 0.172. The van der Waals surface area contributed by atoms with Crippen molar-refractivity contribution in [2.45, 2.75) is 31.3 Å². The van der Waals surface area contributed by atoms with E-state index in [1.54, 1.807) is 42.5 Å². The average molecular weight is 673 g/mol. The molecule has 1 aliphatic heterocycles. The number of ether oxygens (including phenoxy) is 3. The van der Waals surface area contributed by atoms with Crippen LogP contribution in [0.5, 0.6) is 11.5 Å². The van der Waals surface area contributed by atoms with Crippen LogP contribution in [0.2, 0.25) is 0 Å². The predicted octanol–water partition coefficient (Wildman–Crippen LogP) is 7.24. The molecule has 0 saturated carbocycles. The number of esters is 1. The maximum absolute atomic E-state index is 14.0. The van der Waals surface area contributed by atoms with Crippen LogP contribution in [-0.2, 0) is 16.0 Å². The Balaban J connectivity index is 1.29. The van der Waals surface area contributed by atoms with Crippen LogP contribution < -0.4 is 20.1 Å². The number of para-hydroxylation sites is 1. The number of likely N-dealkylation sites (tertiary alicyclic amines) is 1. The van der Waals surface area contributed by atoms with Crippen LogP contribution >= 0.6 is 15.9 Å². The van der Waals surface area contributed by atoms with Crippen molar-refractivity contribution in [3.05, 3.63) is 118 Å². The van der Waals surface area contributed by atoms with E-state index in [4.69, 9.17) is 14.2 Å². The van der Waals surface area contributed by atoms with E-state index in [0.29, 0.717) is 35.0 Å². The Kier molecular flexibility index (Phi) is 10.4. The molecule has 2 N–H and O–H groups in total. The molecule has 45 heavy (non-hydrogen) atoms. The summed E-state index contributed by atoms with van der Waals surface area (Å²) in [5.41, 5.74) is 3.38. The molecule has 1 aliphatic rings. The second-order valence-corrected chi connectivity index (χ2v) is 11.4. The molecule has 1 fully saturated rings. The molecule has 0 aromatic heterocycles. The molecule has 3 amide bonds. The van der Waals surface area contributed by atoms with E-state index >= 15 is 0 Å². The van der Waals surface area contributed by atoms with Crippen LogP contribution in [0.15, 0.2) is 102 Å². The van der Waals surface area contributed by atoms with Crippen molar-refractivity contribution >= 4 is 45.2 Å². The topological polar surface area (TPSA) is 106 Å². The van der Waals surface area contributed by atoms with E-state index < -0.39 is 12.0 Å². The van der Waals surface area contributed by atoms with E-state index in [2.05, 4.69) is 26.6 Å². The van der Waals surface area contributed by atoms with Crippen molar-refractivity contribution < 1.29 is 28.6 Å². The average Bonchev–Trinajstić information content (AvgIpc) is 3.50. The fraction of sp³-hybridized carbons (Fsp3) is 0.229. The molecule has 0 spiro atoms. The first-order chi connectivity index (χ1) is 21.9. The van der Waals surface area contributed by atoms with Gasteiger partial charge in [-0.15, -0.1) is 0 Å². The Labute approximate surface area is 270 Å². The van der Waals surface area contributed by atoms with Gasteiger partial charge < -0.3 is 29.7 Å². The third kappa shape index (κ3) is 7.82. The van der Waals surface area contributed by atoms with Crippen LogP contribution in [-0.4, -0.2) is 49.7 Å². The Morgan fingerprint density at radius 3 is 2.27 bits per heavy atom. The molecule has 1 saturated heterocycles. The van der Waals surface area contributed by atoms with Gasteiger partial charge in [0.15, 0.2) is 0 Å². The molecule has 10 heteroatoms. The summed E-state index contributed by atoms with van der Waals surface area (Å²) < 4.78 is 17.2. The number of urea groups is 1. The molecule has 2 atom stereocenters. The SMILES string of the molecule is COC(=O)c1ccc(OCC2CCC(c3ccccc3)N2C(=O)Cc2ccc(NC(=O)Nc3ccccc3Br)c(OC)c2)cc1. The number of hydrogen-bond donors (Lipinski definition) is 2. The number of benzene rings is 4. The lowest BCUT2D eigenvalue weighted by atomic mass is 10.0. The number of carbonyl (C=O) groups excluding carboxylic acids is 3. The summed E-state index contributed by atoms with van der Waals surface area (Å²) in [6.07, 6.45) is 1.74. The molecule has 2 unspecified atom stereocenters. The highest BCUT2D eigenvalue weighted by Crippen LogP contribution is 2.37. The smallest absolute Gasteiger partial charge is 0.337 e. The van der Waals surface area contributed by atoms with Crippen LogP contribution in [0.25, 0.3) is 0 Å². The van der Waals surface area contributed by atoms with Crippen molar-refractivity contribution in [3.8, 4) is 11.5 Å². The highest BCUT2D eigenvalue weighted by Gasteiger charge is 2.38. The highest BCUT2D eigenvalue weighted by atomic mass is 79.9. The first-order valence-electron chi connectivity index (χ1n) is 14.5. The Morgan fingerprint density at radius 1 is 0.844 bits per heavy atom. The number of amides is 3. The summed E-state index contributed by atoms with van der Waals surface area (Å²) in [6, 6.07) is 28.8. The van der Waals surface area contributed by atoms with E-state index in [1.807, 2.05) is 59.5 Å². The number of carbonyl (C=O) groups is 3. The molecule has 0 bridgehead atoms. The minimum atomic E-state index is -0.422. The number of nitrogens with zero attached hydrogens (tertiary/aromatic N) is 1. The lowest BCUT2D eigenvalue weighted by molar-refractivity contribution is -0.134. The van der Waals surface area contributed by atoms with Crippen molar-refractivity contribution in [1.82, 2.24) is 4.90 Å². The van der Waals surface area contributed by atoms with Crippen LogP contribution in [0.4, 0.5) is 16.2 Å². The molecule has 9 nitrogen and oxygen atoms in total. The minimum Gasteiger partial charge on any atom is -0.495 e. The summed E-state index contributed by atoms with van der Waals surface area (Å²) in [4.78, 5) is 40.4. The monoisotopic (exact) mass is 671 g/mol. The van der Waals surface area contributed by atoms with Crippen molar-refractivity contribution in [2.24, 2.45) is 0 Å². The molecule has 5 rings (SSSR count). The first kappa shape index (κ1) is 31.6. The zero-order chi connectivity index (χ0) is 31.8. The maximum Gasteiger partial charge on any atom is 0.337 e. The zero-order valence-corrected chi connectivity index (χ0v) is 26.6. The maximum atomic E-state index is 14.0. The van der Waals surface area contributed by atoms with Crippen LogP contribution in [0.1, 0.15) is 40.4 Å². The molecule has 232 valence electrons. The van der Waals surface area contributed by atoms with Gasteiger partial charge in [0, 0.05) is 4.47 Å². The molecule has 4 aromatic carbocycles. The lowest BCUT2D eigenvalue weighted by Crippen LogP contribution is -2.41. The number of methoxy groups -OCH3 is 2. The first-order valence-corrected chi connectivity index (χ1v) is 15.3. The van der Waals surface area contributed by atoms with Gasteiger partial charge in [-0.05, 0) is 88.4 Å². The standard InChI is InChI=1S/C35H34BrN3O6/c1-43-32-20-23(12-18-30(32)38-35(42)37-29-11-7-6-10-28(29)36)21-33(40)39-26(15-19-31(39)24-8-4-3-5-9-24)22-45-27-16-13-25(14-17-27)34(41)44-2/h3-14,16-18,20,26,31H,15,19,21-22H2,1-2H3,(H2,37,38,42). The van der Waals surface area contributed by atoms with Crippen LogP contribution in [0.3, 0.4) is 0 Å². The van der Waals surface area contributed by atoms with Gasteiger partial charge in [0.25, 0.3) is 0 Å². The Bertz CT molecular complexity index is 1650. The van der Waals surface area contributed by atoms with Gasteiger partial charge in [-0.3, -0.25) is 4.79 Å². The normalized spacial score (nSPS) is 15.7. The van der Waals surface area contributed by atoms with Gasteiger partial charge in [-0.1, -0.05) is 48.5 Å². The second-order valence-electron chi connectivity index (χ2n) is 10.6. The Hall–Kier alpha value is -4.83. The van der Waals surface area contributed by atoms with Crippen molar-refractivity contribution in [3.63, 3.8) is 0 Å². The molecule has 0 aliphatic carbocycles. The van der Waals surface area contributed by atoms with Gasteiger partial charge in [0.2, 0.25) is 5.91 Å². The third-order valence-electron chi connectivity index (χ3n) is 7.68. The lowest BCUT2D eigenvalue weighted by Gasteiger charge is -2.31. The fourth-order valence-corrected chi connectivity index (χ4v) is 5.86. The largest absolute Gasteiger partial charge is 0.495 e. The number of nitrogens with one attached hydrogen (secondary N) is 2. The number of rotatable bonds is 10. The van der Waals surface area contributed by atoms with Gasteiger partial charge in [0.1, 0.15) is 18.1 Å².